The van der Waals surface area contributed by atoms with Crippen LogP contribution in [0.4, 0.5) is 5.69 Å². The molecule has 0 saturated carbocycles. The highest BCUT2D eigenvalue weighted by Crippen LogP contribution is 2.33. The van der Waals surface area contributed by atoms with E-state index in [9.17, 15) is 10.1 Å². The van der Waals surface area contributed by atoms with Crippen molar-refractivity contribution in [3.05, 3.63) is 31.4 Å². The van der Waals surface area contributed by atoms with E-state index >= 15 is 0 Å². The fourth-order valence-corrected chi connectivity index (χ4v) is 1.89. The molecule has 7 heteroatoms. The summed E-state index contributed by atoms with van der Waals surface area (Å²) >= 11 is 1.86. The van der Waals surface area contributed by atoms with Crippen molar-refractivity contribution in [1.82, 2.24) is 0 Å². The lowest BCUT2D eigenvalue weighted by Gasteiger charge is -2.07. The monoisotopic (exact) mass is 343 g/mol. The summed E-state index contributed by atoms with van der Waals surface area (Å²) in [5.41, 5.74) is -0.0554. The Morgan fingerprint density at radius 3 is 2.71 bits per heavy atom. The van der Waals surface area contributed by atoms with Crippen LogP contribution in [-0.4, -0.2) is 11.5 Å². The van der Waals surface area contributed by atoms with Gasteiger partial charge in [-0.25, -0.2) is 0 Å². The summed E-state index contributed by atoms with van der Waals surface area (Å²) in [6, 6.07) is 6.37. The largest absolute Gasteiger partial charge is 0.485 e. The van der Waals surface area contributed by atoms with E-state index in [0.717, 1.165) is 6.07 Å². The molecule has 6 nitrogen and oxygen atoms in total. The quantitative estimate of drug-likeness (QED) is 0.362. The second-order valence-electron chi connectivity index (χ2n) is 2.93. The highest BCUT2D eigenvalue weighted by atomic mass is 127. The van der Waals surface area contributed by atoms with Crippen LogP contribution in [0.25, 0.3) is 0 Å². The van der Waals surface area contributed by atoms with Crippen LogP contribution in [-0.2, 0) is 0 Å². The summed E-state index contributed by atoms with van der Waals surface area (Å²) in [5.74, 6) is 0.102. The van der Waals surface area contributed by atoms with E-state index in [4.69, 9.17) is 15.3 Å². The second-order valence-corrected chi connectivity index (χ2v) is 4.09. The lowest BCUT2D eigenvalue weighted by Crippen LogP contribution is -2.02. The minimum atomic E-state index is -0.606. The Labute approximate surface area is 111 Å². The Kier molecular flexibility index (Phi) is 4.67. The topological polar surface area (TPSA) is 99.9 Å². The fourth-order valence-electron chi connectivity index (χ4n) is 1.12. The molecule has 0 saturated heterocycles. The Morgan fingerprint density at radius 1 is 1.47 bits per heavy atom. The van der Waals surface area contributed by atoms with Crippen LogP contribution < -0.4 is 4.74 Å². The second kappa shape index (κ2) is 6.01. The van der Waals surface area contributed by atoms with Gasteiger partial charge in [0.05, 0.1) is 32.6 Å². The maximum Gasteiger partial charge on any atom is 0.313 e. The first kappa shape index (κ1) is 13.2. The smallest absolute Gasteiger partial charge is 0.313 e. The number of hydrogen-bond donors (Lipinski definition) is 0. The summed E-state index contributed by atoms with van der Waals surface area (Å²) in [6.07, 6.45) is 0.146. The van der Waals surface area contributed by atoms with Crippen LogP contribution >= 0.6 is 22.6 Å². The maximum absolute atomic E-state index is 10.8. The van der Waals surface area contributed by atoms with Gasteiger partial charge in [0, 0.05) is 6.07 Å². The van der Waals surface area contributed by atoms with Gasteiger partial charge in [0.15, 0.2) is 0 Å². The predicted octanol–water partition coefficient (Wildman–Crippen LogP) is 2.36. The zero-order valence-electron chi connectivity index (χ0n) is 8.51. The van der Waals surface area contributed by atoms with Gasteiger partial charge in [0.2, 0.25) is 5.75 Å². The first-order valence-corrected chi connectivity index (χ1v) is 5.55. The van der Waals surface area contributed by atoms with Crippen LogP contribution in [0, 0.1) is 36.3 Å². The van der Waals surface area contributed by atoms with Crippen molar-refractivity contribution in [2.24, 2.45) is 0 Å². The minimum absolute atomic E-state index is 0.0826. The highest BCUT2D eigenvalue weighted by molar-refractivity contribution is 14.1. The molecule has 0 aliphatic rings. The number of hydrogen-bond acceptors (Lipinski definition) is 5. The summed E-state index contributed by atoms with van der Waals surface area (Å²) < 4.78 is 5.67. The van der Waals surface area contributed by atoms with Gasteiger partial charge in [-0.2, -0.15) is 10.5 Å². The van der Waals surface area contributed by atoms with Gasteiger partial charge in [0.1, 0.15) is 6.61 Å². The van der Waals surface area contributed by atoms with Gasteiger partial charge in [-0.15, -0.1) is 0 Å². The minimum Gasteiger partial charge on any atom is -0.485 e. The molecule has 0 bridgehead atoms. The van der Waals surface area contributed by atoms with Gasteiger partial charge in [-0.1, -0.05) is 0 Å². The molecule has 0 aromatic heterocycles. The predicted molar refractivity (Wildman–Crippen MR) is 66.3 cm³/mol. The Morgan fingerprint density at radius 2 is 2.18 bits per heavy atom. The molecule has 1 aromatic rings. The van der Waals surface area contributed by atoms with Crippen LogP contribution in [0.1, 0.15) is 12.0 Å². The number of nitrogens with zero attached hydrogens (tertiary/aromatic N) is 3. The van der Waals surface area contributed by atoms with E-state index < -0.39 is 4.92 Å². The van der Waals surface area contributed by atoms with Crippen molar-refractivity contribution in [2.45, 2.75) is 6.42 Å². The molecule has 17 heavy (non-hydrogen) atoms. The van der Waals surface area contributed by atoms with Crippen molar-refractivity contribution in [1.29, 1.82) is 10.5 Å². The number of nitro benzene ring substituents is 1. The molecule has 0 unspecified atom stereocenters. The highest BCUT2D eigenvalue weighted by Gasteiger charge is 2.20. The number of ether oxygens (including phenoxy) is 1. The molecule has 86 valence electrons. The molecular formula is C10H6IN3O3. The number of nitriles is 2. The maximum atomic E-state index is 10.8. The van der Waals surface area contributed by atoms with E-state index in [2.05, 4.69) is 0 Å². The lowest BCUT2D eigenvalue weighted by molar-refractivity contribution is -0.386. The summed E-state index contributed by atoms with van der Waals surface area (Å²) in [6.45, 7) is 0.0826. The van der Waals surface area contributed by atoms with Crippen molar-refractivity contribution in [2.75, 3.05) is 6.61 Å². The fraction of sp³-hybridized carbons (Fsp3) is 0.200. The molecule has 0 radical (unpaired) electrons. The van der Waals surface area contributed by atoms with E-state index in [1.165, 1.54) is 6.07 Å². The van der Waals surface area contributed by atoms with Gasteiger partial charge >= 0.3 is 5.69 Å². The molecule has 0 amide bonds. The average molecular weight is 343 g/mol. The van der Waals surface area contributed by atoms with Crippen LogP contribution in [0.5, 0.6) is 5.75 Å². The normalized spacial score (nSPS) is 9.12. The molecule has 1 aromatic carbocycles. The van der Waals surface area contributed by atoms with E-state index in [-0.39, 0.29) is 30.0 Å². The van der Waals surface area contributed by atoms with Crippen molar-refractivity contribution in [3.8, 4) is 17.9 Å². The lowest BCUT2D eigenvalue weighted by atomic mass is 10.2. The van der Waals surface area contributed by atoms with Gasteiger partial charge < -0.3 is 4.74 Å². The molecule has 0 atom stereocenters. The molecule has 1 rings (SSSR count). The van der Waals surface area contributed by atoms with Gasteiger partial charge in [0.25, 0.3) is 0 Å². The van der Waals surface area contributed by atoms with Crippen LogP contribution in [0.2, 0.25) is 0 Å². The van der Waals surface area contributed by atoms with Crippen molar-refractivity contribution >= 4 is 28.3 Å². The number of benzene rings is 1. The first-order valence-electron chi connectivity index (χ1n) is 4.48. The third-order valence-corrected chi connectivity index (χ3v) is 2.61. The Hall–Kier alpha value is -1.87. The first-order chi connectivity index (χ1) is 8.10. The molecule has 0 N–H and O–H groups in total. The molecule has 0 aliphatic heterocycles. The van der Waals surface area contributed by atoms with Crippen LogP contribution in [0.15, 0.2) is 12.1 Å². The standard InChI is InChI=1S/C10H6IN3O3/c11-8-4-7(6-13)5-9(14(15)16)10(8)17-3-1-2-12/h4-5H,1,3H2. The summed E-state index contributed by atoms with van der Waals surface area (Å²) in [5, 5.41) is 27.9. The molecular weight excluding hydrogens is 337 g/mol. The summed E-state index contributed by atoms with van der Waals surface area (Å²) in [4.78, 5) is 10.2. The van der Waals surface area contributed by atoms with E-state index in [1.54, 1.807) is 0 Å². The molecule has 0 heterocycles. The SMILES string of the molecule is N#CCCOc1c(I)cc(C#N)cc1[N+](=O)[O-]. The number of nitro groups is 1. The molecule has 0 aliphatic carbocycles. The van der Waals surface area contributed by atoms with Crippen LogP contribution in [0.3, 0.4) is 0 Å². The van der Waals surface area contributed by atoms with E-state index in [0.29, 0.717) is 3.57 Å². The van der Waals surface area contributed by atoms with Gasteiger partial charge in [-0.05, 0) is 28.7 Å². The zero-order valence-corrected chi connectivity index (χ0v) is 10.7. The summed E-state index contributed by atoms with van der Waals surface area (Å²) in [7, 11) is 0. The third kappa shape index (κ3) is 3.29. The number of halogens is 1. The molecule has 0 fully saturated rings. The zero-order chi connectivity index (χ0) is 12.8. The van der Waals surface area contributed by atoms with Crippen molar-refractivity contribution in [3.63, 3.8) is 0 Å². The molecule has 0 spiro atoms. The van der Waals surface area contributed by atoms with Gasteiger partial charge in [-0.3, -0.25) is 10.1 Å². The third-order valence-electron chi connectivity index (χ3n) is 1.81. The van der Waals surface area contributed by atoms with Crippen molar-refractivity contribution < 1.29 is 9.66 Å². The van der Waals surface area contributed by atoms with E-state index in [1.807, 2.05) is 34.7 Å². The number of rotatable bonds is 4. The Balaban J connectivity index is 3.15. The average Bonchev–Trinajstić information content (AvgIpc) is 2.30. The Bertz CT molecular complexity index is 531.